The lowest BCUT2D eigenvalue weighted by molar-refractivity contribution is 0.110. The molecule has 102 valence electrons. The lowest BCUT2D eigenvalue weighted by Crippen LogP contribution is -2.45. The monoisotopic (exact) mass is 242 g/mol. The molecule has 0 heterocycles. The van der Waals surface area contributed by atoms with E-state index >= 15 is 0 Å². The number of aliphatic hydroxyl groups is 1. The first-order valence-electron chi connectivity index (χ1n) is 7.04. The van der Waals surface area contributed by atoms with Crippen LogP contribution in [0.2, 0.25) is 0 Å². The maximum Gasteiger partial charge on any atom is 0.0669 e. The van der Waals surface area contributed by atoms with Gasteiger partial charge in [-0.05, 0) is 37.1 Å². The predicted molar refractivity (Wildman–Crippen MR) is 72.9 cm³/mol. The fourth-order valence-electron chi connectivity index (χ4n) is 2.82. The van der Waals surface area contributed by atoms with E-state index in [1.54, 1.807) is 0 Å². The van der Waals surface area contributed by atoms with E-state index in [9.17, 15) is 5.11 Å². The smallest absolute Gasteiger partial charge is 0.0669 e. The average molecular weight is 242 g/mol. The van der Waals surface area contributed by atoms with E-state index in [4.69, 9.17) is 5.73 Å². The van der Waals surface area contributed by atoms with Gasteiger partial charge in [-0.3, -0.25) is 0 Å². The van der Waals surface area contributed by atoms with Crippen LogP contribution in [0.4, 0.5) is 0 Å². The van der Waals surface area contributed by atoms with Crippen LogP contribution in [0.25, 0.3) is 0 Å². The first kappa shape index (κ1) is 14.9. The predicted octanol–water partition coefficient (Wildman–Crippen LogP) is 1.89. The summed E-state index contributed by atoms with van der Waals surface area (Å²) in [6.07, 6.45) is 5.66. The molecule has 1 rings (SSSR count). The summed E-state index contributed by atoms with van der Waals surface area (Å²) >= 11 is 0. The van der Waals surface area contributed by atoms with Crippen LogP contribution in [-0.2, 0) is 0 Å². The SMILES string of the molecule is CC(C)(C)CC(O)CNC1CCCCC1CN. The number of aliphatic hydroxyl groups excluding tert-OH is 1. The number of nitrogens with two attached hydrogens (primary N) is 1. The van der Waals surface area contributed by atoms with Gasteiger partial charge >= 0.3 is 0 Å². The van der Waals surface area contributed by atoms with Gasteiger partial charge in [0.15, 0.2) is 0 Å². The molecule has 3 heteroatoms. The summed E-state index contributed by atoms with van der Waals surface area (Å²) in [7, 11) is 0. The average Bonchev–Trinajstić information content (AvgIpc) is 2.24. The second kappa shape index (κ2) is 6.72. The minimum absolute atomic E-state index is 0.195. The molecule has 0 radical (unpaired) electrons. The number of hydrogen-bond donors (Lipinski definition) is 3. The van der Waals surface area contributed by atoms with Crippen LogP contribution in [-0.4, -0.2) is 30.3 Å². The Labute approximate surface area is 106 Å². The molecule has 3 atom stereocenters. The van der Waals surface area contributed by atoms with Crippen molar-refractivity contribution in [2.75, 3.05) is 13.1 Å². The molecule has 0 aromatic heterocycles. The Hall–Kier alpha value is -0.120. The molecule has 3 unspecified atom stereocenters. The zero-order valence-corrected chi connectivity index (χ0v) is 11.7. The van der Waals surface area contributed by atoms with Crippen LogP contribution in [0.1, 0.15) is 52.9 Å². The quantitative estimate of drug-likeness (QED) is 0.690. The van der Waals surface area contributed by atoms with Gasteiger partial charge in [0.05, 0.1) is 6.10 Å². The maximum absolute atomic E-state index is 9.98. The van der Waals surface area contributed by atoms with E-state index in [0.717, 1.165) is 13.0 Å². The standard InChI is InChI=1S/C14H30N2O/c1-14(2,3)8-12(17)10-16-13-7-5-4-6-11(13)9-15/h11-13,16-17H,4-10,15H2,1-3H3. The van der Waals surface area contributed by atoms with Crippen LogP contribution in [0, 0.1) is 11.3 Å². The van der Waals surface area contributed by atoms with E-state index in [2.05, 4.69) is 26.1 Å². The second-order valence-electron chi connectivity index (χ2n) is 6.71. The molecule has 1 fully saturated rings. The number of nitrogens with one attached hydrogen (secondary N) is 1. The van der Waals surface area contributed by atoms with Crippen molar-refractivity contribution in [3.05, 3.63) is 0 Å². The summed E-state index contributed by atoms with van der Waals surface area (Å²) < 4.78 is 0. The van der Waals surface area contributed by atoms with Crippen molar-refractivity contribution in [2.45, 2.75) is 65.0 Å². The summed E-state index contributed by atoms with van der Waals surface area (Å²) in [5.41, 5.74) is 5.99. The molecule has 1 aliphatic rings. The zero-order valence-electron chi connectivity index (χ0n) is 11.7. The minimum Gasteiger partial charge on any atom is -0.392 e. The molecule has 0 saturated heterocycles. The van der Waals surface area contributed by atoms with Crippen LogP contribution >= 0.6 is 0 Å². The molecule has 1 saturated carbocycles. The lowest BCUT2D eigenvalue weighted by atomic mass is 9.84. The second-order valence-corrected chi connectivity index (χ2v) is 6.71. The van der Waals surface area contributed by atoms with Crippen LogP contribution in [0.15, 0.2) is 0 Å². The molecular formula is C14H30N2O. The fourth-order valence-corrected chi connectivity index (χ4v) is 2.82. The van der Waals surface area contributed by atoms with Crippen LogP contribution in [0.3, 0.4) is 0 Å². The molecule has 0 spiro atoms. The molecule has 0 aliphatic heterocycles. The van der Waals surface area contributed by atoms with E-state index < -0.39 is 0 Å². The maximum atomic E-state index is 9.98. The molecule has 17 heavy (non-hydrogen) atoms. The first-order chi connectivity index (χ1) is 7.92. The third-order valence-electron chi connectivity index (χ3n) is 3.68. The van der Waals surface area contributed by atoms with Crippen molar-refractivity contribution in [1.29, 1.82) is 0 Å². The number of hydrogen-bond acceptors (Lipinski definition) is 3. The summed E-state index contributed by atoms with van der Waals surface area (Å²) in [6, 6.07) is 0.517. The molecule has 0 amide bonds. The zero-order chi connectivity index (χ0) is 12.9. The van der Waals surface area contributed by atoms with Crippen molar-refractivity contribution in [2.24, 2.45) is 17.1 Å². The molecule has 1 aliphatic carbocycles. The Morgan fingerprint density at radius 2 is 1.94 bits per heavy atom. The van der Waals surface area contributed by atoms with Gasteiger partial charge in [-0.15, -0.1) is 0 Å². The third-order valence-corrected chi connectivity index (χ3v) is 3.68. The summed E-state index contributed by atoms with van der Waals surface area (Å²) in [5.74, 6) is 0.602. The van der Waals surface area contributed by atoms with Gasteiger partial charge in [0.25, 0.3) is 0 Å². The summed E-state index contributed by atoms with van der Waals surface area (Å²) in [4.78, 5) is 0. The first-order valence-corrected chi connectivity index (χ1v) is 7.04. The highest BCUT2D eigenvalue weighted by molar-refractivity contribution is 4.82. The summed E-state index contributed by atoms with van der Waals surface area (Å²) in [6.45, 7) is 7.98. The fraction of sp³-hybridized carbons (Fsp3) is 1.00. The van der Waals surface area contributed by atoms with Gasteiger partial charge in [-0.25, -0.2) is 0 Å². The highest BCUT2D eigenvalue weighted by Crippen LogP contribution is 2.24. The van der Waals surface area contributed by atoms with Crippen molar-refractivity contribution in [3.8, 4) is 0 Å². The van der Waals surface area contributed by atoms with Crippen LogP contribution < -0.4 is 11.1 Å². The highest BCUT2D eigenvalue weighted by atomic mass is 16.3. The molecule has 0 bridgehead atoms. The van der Waals surface area contributed by atoms with E-state index in [1.807, 2.05) is 0 Å². The van der Waals surface area contributed by atoms with E-state index in [0.29, 0.717) is 18.5 Å². The summed E-state index contributed by atoms with van der Waals surface area (Å²) in [5, 5.41) is 13.5. The lowest BCUT2D eigenvalue weighted by Gasteiger charge is -2.33. The normalized spacial score (nSPS) is 28.1. The molecular weight excluding hydrogens is 212 g/mol. The Morgan fingerprint density at radius 3 is 2.53 bits per heavy atom. The topological polar surface area (TPSA) is 58.3 Å². The molecule has 3 nitrogen and oxygen atoms in total. The highest BCUT2D eigenvalue weighted by Gasteiger charge is 2.24. The Kier molecular flexibility index (Phi) is 5.90. The van der Waals surface area contributed by atoms with E-state index in [1.165, 1.54) is 25.7 Å². The van der Waals surface area contributed by atoms with Crippen molar-refractivity contribution >= 4 is 0 Å². The molecule has 0 aromatic carbocycles. The molecule has 4 N–H and O–H groups in total. The Balaban J connectivity index is 2.28. The number of rotatable bonds is 5. The van der Waals surface area contributed by atoms with Gasteiger partial charge < -0.3 is 16.2 Å². The van der Waals surface area contributed by atoms with Gasteiger partial charge in [0.2, 0.25) is 0 Å². The Bertz CT molecular complexity index is 213. The van der Waals surface area contributed by atoms with Crippen LogP contribution in [0.5, 0.6) is 0 Å². The van der Waals surface area contributed by atoms with Crippen molar-refractivity contribution in [1.82, 2.24) is 5.32 Å². The van der Waals surface area contributed by atoms with Gasteiger partial charge in [-0.1, -0.05) is 33.6 Å². The van der Waals surface area contributed by atoms with E-state index in [-0.39, 0.29) is 11.5 Å². The third kappa shape index (κ3) is 5.84. The van der Waals surface area contributed by atoms with Gasteiger partial charge in [-0.2, -0.15) is 0 Å². The minimum atomic E-state index is -0.240. The van der Waals surface area contributed by atoms with Gasteiger partial charge in [0, 0.05) is 12.6 Å². The van der Waals surface area contributed by atoms with Crippen molar-refractivity contribution in [3.63, 3.8) is 0 Å². The largest absolute Gasteiger partial charge is 0.392 e. The van der Waals surface area contributed by atoms with Crippen molar-refractivity contribution < 1.29 is 5.11 Å². The van der Waals surface area contributed by atoms with Gasteiger partial charge in [0.1, 0.15) is 0 Å². The Morgan fingerprint density at radius 1 is 1.29 bits per heavy atom. The molecule has 0 aromatic rings.